The third-order valence-corrected chi connectivity index (χ3v) is 9.19. The van der Waals surface area contributed by atoms with Crippen molar-refractivity contribution in [2.45, 2.75) is 94.8 Å². The zero-order valence-corrected chi connectivity index (χ0v) is 28.9. The molecule has 0 aliphatic carbocycles. The molecule has 8 nitrogen and oxygen atoms in total. The summed E-state index contributed by atoms with van der Waals surface area (Å²) in [5, 5.41) is 21.1. The first-order valence-electron chi connectivity index (χ1n) is 17.0. The smallest absolute Gasteiger partial charge is 0.550 e. The number of aliphatic carboxylic acids is 1. The predicted molar refractivity (Wildman–Crippen MR) is 180 cm³/mol. The summed E-state index contributed by atoms with van der Waals surface area (Å²) < 4.78 is 18.0. The van der Waals surface area contributed by atoms with E-state index in [0.717, 1.165) is 73.1 Å². The Kier molecular flexibility index (Phi) is 16.5. The van der Waals surface area contributed by atoms with Crippen LogP contribution in [0.5, 0.6) is 11.5 Å². The van der Waals surface area contributed by atoms with Crippen LogP contribution in [0.3, 0.4) is 0 Å². The van der Waals surface area contributed by atoms with Gasteiger partial charge < -0.3 is 34.1 Å². The minimum atomic E-state index is -0.977. The molecule has 1 fully saturated rings. The van der Waals surface area contributed by atoms with Crippen LogP contribution in [0.1, 0.15) is 93.7 Å². The van der Waals surface area contributed by atoms with E-state index >= 15 is 0 Å². The molecule has 3 aromatic rings. The molecule has 254 valence electrons. The number of nitrogens with zero attached hydrogens (tertiary/aromatic N) is 1. The molecule has 1 heterocycles. The number of aliphatic hydroxyl groups is 1. The third-order valence-electron chi connectivity index (χ3n) is 9.19. The largest absolute Gasteiger partial charge is 1.00 e. The van der Waals surface area contributed by atoms with Crippen molar-refractivity contribution in [1.29, 1.82) is 0 Å². The van der Waals surface area contributed by atoms with Gasteiger partial charge in [-0.1, -0.05) is 93.1 Å². The maximum absolute atomic E-state index is 13.6. The van der Waals surface area contributed by atoms with Crippen molar-refractivity contribution in [3.8, 4) is 11.5 Å². The Bertz CT molecular complexity index is 1320. The van der Waals surface area contributed by atoms with Crippen LogP contribution in [0, 0.1) is 0 Å². The summed E-state index contributed by atoms with van der Waals surface area (Å²) in [4.78, 5) is 25.9. The van der Waals surface area contributed by atoms with Crippen molar-refractivity contribution in [1.82, 2.24) is 4.90 Å². The van der Waals surface area contributed by atoms with E-state index in [1.165, 1.54) is 0 Å². The van der Waals surface area contributed by atoms with Crippen molar-refractivity contribution >= 4 is 11.9 Å². The Balaban J connectivity index is 0.00000625. The minimum absolute atomic E-state index is 0. The second-order valence-electron chi connectivity index (χ2n) is 12.4. The van der Waals surface area contributed by atoms with E-state index in [4.69, 9.17) is 14.2 Å². The van der Waals surface area contributed by atoms with Crippen LogP contribution in [0.25, 0.3) is 0 Å². The summed E-state index contributed by atoms with van der Waals surface area (Å²) >= 11 is 0. The summed E-state index contributed by atoms with van der Waals surface area (Å²) in [6, 6.07) is 25.8. The number of methoxy groups -OCH3 is 2. The van der Waals surface area contributed by atoms with Gasteiger partial charge in [-0.15, -0.1) is 0 Å². The van der Waals surface area contributed by atoms with Crippen LogP contribution in [0.15, 0.2) is 78.9 Å². The van der Waals surface area contributed by atoms with Crippen LogP contribution in [-0.2, 0) is 19.9 Å². The number of hydrogen-bond donors (Lipinski definition) is 1. The molecule has 0 bridgehead atoms. The van der Waals surface area contributed by atoms with Crippen LogP contribution >= 0.6 is 0 Å². The Morgan fingerprint density at radius 2 is 1.21 bits per heavy atom. The summed E-state index contributed by atoms with van der Waals surface area (Å²) in [5.74, 6) is 0.572. The van der Waals surface area contributed by atoms with E-state index < -0.39 is 17.7 Å². The second kappa shape index (κ2) is 20.3. The molecule has 0 aromatic heterocycles. The third kappa shape index (κ3) is 10.9. The number of unbranched alkanes of at least 4 members (excludes halogenated alkanes) is 7. The van der Waals surface area contributed by atoms with Crippen molar-refractivity contribution in [2.24, 2.45) is 0 Å². The number of rotatable bonds is 19. The van der Waals surface area contributed by atoms with Crippen molar-refractivity contribution < 1.29 is 52.9 Å². The molecule has 1 aliphatic heterocycles. The molecule has 9 heteroatoms. The topological polar surface area (TPSA) is 108 Å². The minimum Gasteiger partial charge on any atom is -0.550 e. The number of carboxylic acid groups (broad SMARTS) is 1. The molecule has 48 heavy (non-hydrogen) atoms. The van der Waals surface area contributed by atoms with Gasteiger partial charge in [0.15, 0.2) is 0 Å². The predicted octanol–water partition coefficient (Wildman–Crippen LogP) is 3.02. The van der Waals surface area contributed by atoms with Crippen LogP contribution in [0.2, 0.25) is 0 Å². The first kappa shape index (κ1) is 39.2. The summed E-state index contributed by atoms with van der Waals surface area (Å²) in [6.07, 6.45) is 8.88. The Morgan fingerprint density at radius 3 is 1.71 bits per heavy atom. The summed E-state index contributed by atoms with van der Waals surface area (Å²) in [7, 11) is 3.29. The molecule has 1 aliphatic rings. The van der Waals surface area contributed by atoms with E-state index in [1.807, 2.05) is 71.6 Å². The van der Waals surface area contributed by atoms with Crippen LogP contribution < -0.4 is 33.4 Å². The van der Waals surface area contributed by atoms with Gasteiger partial charge in [0.05, 0.1) is 33.0 Å². The van der Waals surface area contributed by atoms with Gasteiger partial charge in [-0.3, -0.25) is 4.79 Å². The van der Waals surface area contributed by atoms with E-state index in [0.29, 0.717) is 38.8 Å². The van der Waals surface area contributed by atoms with Crippen LogP contribution in [-0.4, -0.2) is 61.4 Å². The number of amides is 1. The van der Waals surface area contributed by atoms with Gasteiger partial charge in [0.25, 0.3) is 0 Å². The van der Waals surface area contributed by atoms with Gasteiger partial charge in [-0.2, -0.15) is 0 Å². The molecule has 0 radical (unpaired) electrons. The summed E-state index contributed by atoms with van der Waals surface area (Å²) in [5.41, 5.74) is 1.85. The van der Waals surface area contributed by atoms with E-state index in [9.17, 15) is 19.8 Å². The number of aliphatic hydroxyl groups excluding tert-OH is 1. The summed E-state index contributed by atoms with van der Waals surface area (Å²) in [6.45, 7) is 0.603. The number of carbonyl (C=O) groups is 2. The van der Waals surface area contributed by atoms with Crippen molar-refractivity contribution in [3.05, 3.63) is 95.6 Å². The standard InChI is InChI=1S/C39H51NO7.Li/c1-45-35-24-18-31(19-25-35)39(30-14-10-9-11-15-30,32-20-26-36(46-2)27-21-32)47-29-33-22-23-34(41)28-40(33)37(42)16-12-7-5-3-4-6-8-13-17-38(43)44;/h9-11,14-15,18-21,24-27,33-34,41H,3-8,12-13,16-17,22-23,28-29H2,1-2H3,(H,43,44);/q;+1/p-1/t33-,34-;/m1./s1. The molecule has 0 unspecified atom stereocenters. The van der Waals surface area contributed by atoms with Gasteiger partial charge in [0.1, 0.15) is 17.1 Å². The molecule has 1 N–H and O–H groups in total. The molecule has 1 saturated heterocycles. The van der Waals surface area contributed by atoms with Crippen molar-refractivity contribution in [2.75, 3.05) is 27.4 Å². The average molecular weight is 652 g/mol. The number of β-amino-alcohol motifs (C(OH)–C–C–N with tert-alkyl or cyclic N) is 1. The molecule has 0 saturated carbocycles. The van der Waals surface area contributed by atoms with E-state index in [1.54, 1.807) is 14.2 Å². The molecular formula is C39H50LiNO7. The van der Waals surface area contributed by atoms with Gasteiger partial charge in [-0.05, 0) is 73.1 Å². The Hall–Kier alpha value is -3.28. The second-order valence-corrected chi connectivity index (χ2v) is 12.4. The maximum atomic E-state index is 13.6. The average Bonchev–Trinajstić information content (AvgIpc) is 3.10. The molecule has 0 spiro atoms. The van der Waals surface area contributed by atoms with Crippen molar-refractivity contribution in [3.63, 3.8) is 0 Å². The Morgan fingerprint density at radius 1 is 0.729 bits per heavy atom. The number of carboxylic acids is 1. The number of piperidine rings is 1. The zero-order valence-electron chi connectivity index (χ0n) is 28.9. The fourth-order valence-corrected chi connectivity index (χ4v) is 6.53. The maximum Gasteiger partial charge on any atom is 1.00 e. The van der Waals surface area contributed by atoms with Gasteiger partial charge >= 0.3 is 18.9 Å². The molecule has 2 atom stereocenters. The monoisotopic (exact) mass is 651 g/mol. The molecule has 1 amide bonds. The Labute approximate surface area is 298 Å². The number of ether oxygens (including phenoxy) is 3. The normalized spacial score (nSPS) is 16.2. The molecule has 3 aromatic carbocycles. The number of hydrogen-bond acceptors (Lipinski definition) is 7. The molecular weight excluding hydrogens is 601 g/mol. The van der Waals surface area contributed by atoms with Crippen LogP contribution in [0.4, 0.5) is 0 Å². The van der Waals surface area contributed by atoms with Gasteiger partial charge in [0, 0.05) is 18.9 Å². The number of carbonyl (C=O) groups excluding carboxylic acids is 2. The SMILES string of the molecule is COc1ccc(C(OC[C@H]2CC[C@@H](O)CN2C(=O)CCCCCCCCCCC(=O)[O-])(c2ccccc2)c2ccc(OC)cc2)cc1.[Li+]. The fraction of sp³-hybridized carbons (Fsp3) is 0.487. The zero-order chi connectivity index (χ0) is 33.5. The molecule has 4 rings (SSSR count). The van der Waals surface area contributed by atoms with E-state index in [2.05, 4.69) is 12.1 Å². The fourth-order valence-electron chi connectivity index (χ4n) is 6.53. The quantitative estimate of drug-likeness (QED) is 0.121. The number of benzene rings is 3. The van der Waals surface area contributed by atoms with Gasteiger partial charge in [-0.25, -0.2) is 0 Å². The first-order chi connectivity index (χ1) is 22.9. The van der Waals surface area contributed by atoms with E-state index in [-0.39, 0.29) is 37.2 Å². The van der Waals surface area contributed by atoms with Gasteiger partial charge in [0.2, 0.25) is 5.91 Å². The first-order valence-corrected chi connectivity index (χ1v) is 17.0. The number of likely N-dealkylation sites (tertiary alicyclic amines) is 1.